The second-order valence-corrected chi connectivity index (χ2v) is 5.84. The molecule has 116 valence electrons. The van der Waals surface area contributed by atoms with Crippen molar-refractivity contribution in [1.82, 2.24) is 19.7 Å². The fourth-order valence-electron chi connectivity index (χ4n) is 3.10. The number of nitrogens with zero attached hydrogens (tertiary/aromatic N) is 4. The van der Waals surface area contributed by atoms with Crippen molar-refractivity contribution in [3.63, 3.8) is 0 Å². The summed E-state index contributed by atoms with van der Waals surface area (Å²) < 4.78 is 1.79. The Balaban J connectivity index is 1.66. The smallest absolute Gasteiger partial charge is 0.308 e. The molecule has 1 fully saturated rings. The largest absolute Gasteiger partial charge is 0.481 e. The Bertz CT molecular complexity index is 641. The van der Waals surface area contributed by atoms with Gasteiger partial charge >= 0.3 is 5.97 Å². The van der Waals surface area contributed by atoms with Gasteiger partial charge in [0, 0.05) is 50.7 Å². The van der Waals surface area contributed by atoms with E-state index in [4.69, 9.17) is 0 Å². The highest BCUT2D eigenvalue weighted by Crippen LogP contribution is 2.31. The van der Waals surface area contributed by atoms with Gasteiger partial charge < -0.3 is 10.0 Å². The Labute approximate surface area is 129 Å². The van der Waals surface area contributed by atoms with Gasteiger partial charge in [0.25, 0.3) is 0 Å². The zero-order valence-corrected chi connectivity index (χ0v) is 12.6. The molecule has 6 nitrogen and oxygen atoms in total. The number of carboxylic acids is 1. The summed E-state index contributed by atoms with van der Waals surface area (Å²) in [7, 11) is 1.90. The highest BCUT2D eigenvalue weighted by molar-refractivity contribution is 5.72. The summed E-state index contributed by atoms with van der Waals surface area (Å²) in [4.78, 5) is 18.1. The van der Waals surface area contributed by atoms with Crippen LogP contribution >= 0.6 is 0 Å². The highest BCUT2D eigenvalue weighted by Gasteiger charge is 2.38. The van der Waals surface area contributed by atoms with Crippen molar-refractivity contribution in [3.05, 3.63) is 48.0 Å². The lowest BCUT2D eigenvalue weighted by Crippen LogP contribution is -2.25. The third-order valence-corrected chi connectivity index (χ3v) is 4.26. The molecule has 3 rings (SSSR count). The predicted molar refractivity (Wildman–Crippen MR) is 81.5 cm³/mol. The van der Waals surface area contributed by atoms with Crippen LogP contribution in [0.3, 0.4) is 0 Å². The molecule has 0 amide bonds. The van der Waals surface area contributed by atoms with Crippen LogP contribution in [0.5, 0.6) is 0 Å². The van der Waals surface area contributed by atoms with Crippen LogP contribution in [0.25, 0.3) is 0 Å². The minimum Gasteiger partial charge on any atom is -0.481 e. The van der Waals surface area contributed by atoms with Crippen molar-refractivity contribution in [1.29, 1.82) is 0 Å². The van der Waals surface area contributed by atoms with Gasteiger partial charge in [0.2, 0.25) is 0 Å². The minimum atomic E-state index is -0.737. The molecule has 0 aromatic carbocycles. The molecule has 2 aromatic heterocycles. The lowest BCUT2D eigenvalue weighted by Gasteiger charge is -2.15. The van der Waals surface area contributed by atoms with Crippen LogP contribution in [0.4, 0.5) is 0 Å². The van der Waals surface area contributed by atoms with Crippen molar-refractivity contribution in [2.45, 2.75) is 12.3 Å². The maximum atomic E-state index is 11.5. The number of hydrogen-bond donors (Lipinski definition) is 1. The molecular formula is C16H20N4O2. The average Bonchev–Trinajstić information content (AvgIpc) is 3.12. The number of pyridine rings is 1. The third kappa shape index (κ3) is 3.17. The molecule has 2 atom stereocenters. The number of hydrogen-bond acceptors (Lipinski definition) is 4. The van der Waals surface area contributed by atoms with E-state index in [0.717, 1.165) is 25.2 Å². The number of aromatic nitrogens is 3. The third-order valence-electron chi connectivity index (χ3n) is 4.26. The molecule has 6 heteroatoms. The average molecular weight is 300 g/mol. The predicted octanol–water partition coefficient (Wildman–Crippen LogP) is 1.16. The molecule has 0 aliphatic carbocycles. The van der Waals surface area contributed by atoms with Crippen molar-refractivity contribution in [2.75, 3.05) is 19.6 Å². The van der Waals surface area contributed by atoms with E-state index in [0.29, 0.717) is 6.54 Å². The van der Waals surface area contributed by atoms with Crippen molar-refractivity contribution in [2.24, 2.45) is 13.0 Å². The van der Waals surface area contributed by atoms with Gasteiger partial charge in [0.05, 0.1) is 12.1 Å². The zero-order chi connectivity index (χ0) is 15.5. The van der Waals surface area contributed by atoms with Gasteiger partial charge in [-0.3, -0.25) is 14.5 Å². The molecule has 0 bridgehead atoms. The van der Waals surface area contributed by atoms with Crippen molar-refractivity contribution < 1.29 is 9.90 Å². The van der Waals surface area contributed by atoms with Gasteiger partial charge in [-0.05, 0) is 24.1 Å². The monoisotopic (exact) mass is 300 g/mol. The molecule has 0 saturated carbocycles. The molecule has 0 spiro atoms. The molecule has 3 heterocycles. The van der Waals surface area contributed by atoms with E-state index in [9.17, 15) is 9.90 Å². The van der Waals surface area contributed by atoms with Crippen molar-refractivity contribution in [3.8, 4) is 0 Å². The lowest BCUT2D eigenvalue weighted by atomic mass is 9.93. The first-order chi connectivity index (χ1) is 10.6. The molecule has 0 radical (unpaired) electrons. The lowest BCUT2D eigenvalue weighted by molar-refractivity contribution is -0.141. The van der Waals surface area contributed by atoms with Crippen LogP contribution in [-0.4, -0.2) is 50.4 Å². The van der Waals surface area contributed by atoms with Gasteiger partial charge in [-0.2, -0.15) is 5.10 Å². The number of aryl methyl sites for hydroxylation is 1. The normalized spacial score (nSPS) is 22.0. The number of carboxylic acid groups (broad SMARTS) is 1. The summed E-state index contributed by atoms with van der Waals surface area (Å²) in [5, 5.41) is 13.6. The van der Waals surface area contributed by atoms with E-state index < -0.39 is 5.97 Å². The van der Waals surface area contributed by atoms with Crippen molar-refractivity contribution >= 4 is 5.97 Å². The van der Waals surface area contributed by atoms with Gasteiger partial charge in [-0.1, -0.05) is 6.07 Å². The number of likely N-dealkylation sites (tertiary alicyclic amines) is 1. The van der Waals surface area contributed by atoms with E-state index in [2.05, 4.69) is 15.0 Å². The fraction of sp³-hybridized carbons (Fsp3) is 0.438. The van der Waals surface area contributed by atoms with E-state index >= 15 is 0 Å². The first-order valence-electron chi connectivity index (χ1n) is 7.47. The van der Waals surface area contributed by atoms with Gasteiger partial charge in [-0.15, -0.1) is 0 Å². The summed E-state index contributed by atoms with van der Waals surface area (Å²) in [6.07, 6.45) is 6.48. The Morgan fingerprint density at radius 1 is 1.41 bits per heavy atom. The molecule has 1 saturated heterocycles. The van der Waals surface area contributed by atoms with Crippen LogP contribution in [0.1, 0.15) is 17.2 Å². The topological polar surface area (TPSA) is 71.2 Å². The zero-order valence-electron chi connectivity index (χ0n) is 12.6. The van der Waals surface area contributed by atoms with Crippen LogP contribution in [0.15, 0.2) is 36.8 Å². The fourth-order valence-corrected chi connectivity index (χ4v) is 3.10. The summed E-state index contributed by atoms with van der Waals surface area (Å²) in [5.41, 5.74) is 2.05. The van der Waals surface area contributed by atoms with Gasteiger partial charge in [0.1, 0.15) is 0 Å². The Hall–Kier alpha value is -2.21. The van der Waals surface area contributed by atoms with Crippen LogP contribution in [-0.2, 0) is 18.3 Å². The van der Waals surface area contributed by atoms with Gasteiger partial charge in [-0.25, -0.2) is 0 Å². The maximum absolute atomic E-state index is 11.5. The highest BCUT2D eigenvalue weighted by atomic mass is 16.4. The van der Waals surface area contributed by atoms with Crippen LogP contribution in [0, 0.1) is 5.92 Å². The van der Waals surface area contributed by atoms with Crippen LogP contribution in [0.2, 0.25) is 0 Å². The minimum absolute atomic E-state index is 0.0346. The number of aliphatic carboxylic acids is 1. The molecule has 1 aliphatic rings. The first kappa shape index (κ1) is 14.7. The van der Waals surface area contributed by atoms with Crippen LogP contribution < -0.4 is 0 Å². The van der Waals surface area contributed by atoms with Gasteiger partial charge in [0.15, 0.2) is 0 Å². The molecule has 22 heavy (non-hydrogen) atoms. The first-order valence-corrected chi connectivity index (χ1v) is 7.47. The molecule has 1 aliphatic heterocycles. The summed E-state index contributed by atoms with van der Waals surface area (Å²) in [6.45, 7) is 2.17. The van der Waals surface area contributed by atoms with E-state index in [-0.39, 0.29) is 11.8 Å². The molecule has 2 aromatic rings. The number of rotatable bonds is 5. The van der Waals surface area contributed by atoms with E-state index in [1.165, 1.54) is 5.56 Å². The molecule has 0 unspecified atom stereocenters. The Kier molecular flexibility index (Phi) is 4.20. The summed E-state index contributed by atoms with van der Waals surface area (Å²) >= 11 is 0. The van der Waals surface area contributed by atoms with E-state index in [1.807, 2.05) is 37.6 Å². The SMILES string of the molecule is Cn1cc(CCN2C[C@@H](C(=O)O)[C@H](c3ccccn3)C2)cn1. The van der Waals surface area contributed by atoms with E-state index in [1.54, 1.807) is 10.9 Å². The number of carbonyl (C=O) groups is 1. The Morgan fingerprint density at radius 2 is 2.27 bits per heavy atom. The standard InChI is InChI=1S/C16H20N4O2/c1-19-9-12(8-18-19)5-7-20-10-13(14(11-20)16(21)22)15-4-2-3-6-17-15/h2-4,6,8-9,13-14H,5,7,10-11H2,1H3,(H,21,22)/t13-,14-/m1/s1. The molecular weight excluding hydrogens is 280 g/mol. The maximum Gasteiger partial charge on any atom is 0.308 e. The summed E-state index contributed by atoms with van der Waals surface area (Å²) in [6, 6.07) is 5.69. The second kappa shape index (κ2) is 6.27. The Morgan fingerprint density at radius 3 is 2.91 bits per heavy atom. The summed E-state index contributed by atoms with van der Waals surface area (Å²) in [5.74, 6) is -1.16. The molecule has 1 N–H and O–H groups in total. The second-order valence-electron chi connectivity index (χ2n) is 5.84. The quantitative estimate of drug-likeness (QED) is 0.897.